The van der Waals surface area contributed by atoms with E-state index in [2.05, 4.69) is 22.1 Å². The van der Waals surface area contributed by atoms with E-state index in [1.807, 2.05) is 0 Å². The third kappa shape index (κ3) is 3.83. The first kappa shape index (κ1) is 18.3. The highest BCUT2D eigenvalue weighted by atomic mass is 35.5. The fourth-order valence-electron chi connectivity index (χ4n) is 3.80. The SMILES string of the molecule is CC1CN(CC(=O)N2CCc3cnc(-c4cc(Cl)ccc4F)cc32)CCN1. The lowest BCUT2D eigenvalue weighted by molar-refractivity contribution is -0.119. The van der Waals surface area contributed by atoms with E-state index in [-0.39, 0.29) is 11.7 Å². The van der Waals surface area contributed by atoms with Crippen LogP contribution in [0.1, 0.15) is 12.5 Å². The zero-order valence-corrected chi connectivity index (χ0v) is 16.0. The molecule has 3 heterocycles. The van der Waals surface area contributed by atoms with Crippen LogP contribution < -0.4 is 10.2 Å². The van der Waals surface area contributed by atoms with E-state index in [9.17, 15) is 9.18 Å². The van der Waals surface area contributed by atoms with Crippen LogP contribution in [0, 0.1) is 5.82 Å². The number of pyridine rings is 1. The lowest BCUT2D eigenvalue weighted by Gasteiger charge is -2.32. The number of carbonyl (C=O) groups is 1. The van der Waals surface area contributed by atoms with Crippen molar-refractivity contribution < 1.29 is 9.18 Å². The number of amides is 1. The van der Waals surface area contributed by atoms with Crippen molar-refractivity contribution >= 4 is 23.2 Å². The number of fused-ring (bicyclic) bond motifs is 1. The van der Waals surface area contributed by atoms with E-state index >= 15 is 0 Å². The van der Waals surface area contributed by atoms with Crippen molar-refractivity contribution in [1.82, 2.24) is 15.2 Å². The highest BCUT2D eigenvalue weighted by Crippen LogP contribution is 2.33. The molecule has 142 valence electrons. The van der Waals surface area contributed by atoms with Crippen molar-refractivity contribution in [2.24, 2.45) is 0 Å². The van der Waals surface area contributed by atoms with Gasteiger partial charge in [-0.2, -0.15) is 0 Å². The molecule has 1 atom stereocenters. The Hall–Kier alpha value is -2.02. The zero-order chi connectivity index (χ0) is 19.0. The summed E-state index contributed by atoms with van der Waals surface area (Å²) in [5.41, 5.74) is 2.68. The summed E-state index contributed by atoms with van der Waals surface area (Å²) in [6.07, 6.45) is 2.51. The number of halogens is 2. The molecule has 0 spiro atoms. The Morgan fingerprint density at radius 1 is 1.37 bits per heavy atom. The molecule has 0 bridgehead atoms. The van der Waals surface area contributed by atoms with Gasteiger partial charge in [-0.3, -0.25) is 14.7 Å². The van der Waals surface area contributed by atoms with Crippen LogP contribution in [0.3, 0.4) is 0 Å². The summed E-state index contributed by atoms with van der Waals surface area (Å²) in [5, 5.41) is 3.84. The number of piperazine rings is 1. The van der Waals surface area contributed by atoms with Crippen LogP contribution in [0.2, 0.25) is 5.02 Å². The number of anilines is 1. The summed E-state index contributed by atoms with van der Waals surface area (Å²) < 4.78 is 14.2. The molecule has 7 heteroatoms. The van der Waals surface area contributed by atoms with Gasteiger partial charge in [0.1, 0.15) is 5.82 Å². The summed E-state index contributed by atoms with van der Waals surface area (Å²) in [5.74, 6) is -0.302. The molecule has 2 aliphatic heterocycles. The van der Waals surface area contributed by atoms with Crippen LogP contribution >= 0.6 is 11.6 Å². The molecule has 0 saturated carbocycles. The molecule has 1 amide bonds. The monoisotopic (exact) mass is 388 g/mol. The average Bonchev–Trinajstić information content (AvgIpc) is 3.07. The predicted molar refractivity (Wildman–Crippen MR) is 105 cm³/mol. The van der Waals surface area contributed by atoms with E-state index in [4.69, 9.17) is 11.6 Å². The maximum atomic E-state index is 14.2. The first-order chi connectivity index (χ1) is 13.0. The Kier molecular flexibility index (Phi) is 5.12. The van der Waals surface area contributed by atoms with Gasteiger partial charge in [-0.1, -0.05) is 11.6 Å². The fourth-order valence-corrected chi connectivity index (χ4v) is 3.97. The summed E-state index contributed by atoms with van der Waals surface area (Å²) in [4.78, 5) is 21.3. The number of aromatic nitrogens is 1. The van der Waals surface area contributed by atoms with Gasteiger partial charge in [-0.05, 0) is 43.2 Å². The number of hydrogen-bond donors (Lipinski definition) is 1. The lowest BCUT2D eigenvalue weighted by atomic mass is 10.1. The van der Waals surface area contributed by atoms with E-state index in [0.717, 1.165) is 37.3 Å². The highest BCUT2D eigenvalue weighted by Gasteiger charge is 2.28. The van der Waals surface area contributed by atoms with Crippen molar-refractivity contribution in [1.29, 1.82) is 0 Å². The number of benzene rings is 1. The minimum atomic E-state index is -0.377. The minimum Gasteiger partial charge on any atom is -0.312 e. The highest BCUT2D eigenvalue weighted by molar-refractivity contribution is 6.30. The van der Waals surface area contributed by atoms with Crippen LogP contribution in [-0.2, 0) is 11.2 Å². The van der Waals surface area contributed by atoms with Gasteiger partial charge >= 0.3 is 0 Å². The largest absolute Gasteiger partial charge is 0.312 e. The Morgan fingerprint density at radius 3 is 3.04 bits per heavy atom. The molecule has 5 nitrogen and oxygen atoms in total. The van der Waals surface area contributed by atoms with Crippen molar-refractivity contribution in [3.05, 3.63) is 46.9 Å². The van der Waals surface area contributed by atoms with E-state index < -0.39 is 0 Å². The Bertz CT molecular complexity index is 875. The maximum Gasteiger partial charge on any atom is 0.241 e. The summed E-state index contributed by atoms with van der Waals surface area (Å²) in [6.45, 7) is 5.79. The van der Waals surface area contributed by atoms with Crippen LogP contribution in [-0.4, -0.2) is 54.6 Å². The van der Waals surface area contributed by atoms with Gasteiger partial charge in [0.25, 0.3) is 0 Å². The average molecular weight is 389 g/mol. The van der Waals surface area contributed by atoms with Gasteiger partial charge in [-0.25, -0.2) is 4.39 Å². The summed E-state index contributed by atoms with van der Waals surface area (Å²) in [6, 6.07) is 6.60. The second-order valence-corrected chi connectivity index (χ2v) is 7.64. The topological polar surface area (TPSA) is 48.5 Å². The van der Waals surface area contributed by atoms with Crippen LogP contribution in [0.5, 0.6) is 0 Å². The maximum absolute atomic E-state index is 14.2. The lowest BCUT2D eigenvalue weighted by Crippen LogP contribution is -2.52. The molecule has 1 unspecified atom stereocenters. The number of rotatable bonds is 3. The molecule has 1 aromatic heterocycles. The third-order valence-corrected chi connectivity index (χ3v) is 5.41. The first-order valence-electron chi connectivity index (χ1n) is 9.22. The number of nitrogens with zero attached hydrogens (tertiary/aromatic N) is 3. The number of carbonyl (C=O) groups excluding carboxylic acids is 1. The van der Waals surface area contributed by atoms with Gasteiger partial charge in [0.05, 0.1) is 17.9 Å². The second-order valence-electron chi connectivity index (χ2n) is 7.21. The molecule has 0 aliphatic carbocycles. The predicted octanol–water partition coefficient (Wildman–Crippen LogP) is 2.72. The number of nitrogens with one attached hydrogen (secondary N) is 1. The molecule has 2 aromatic rings. The van der Waals surface area contributed by atoms with Gasteiger partial charge in [0.15, 0.2) is 0 Å². The van der Waals surface area contributed by atoms with Crippen LogP contribution in [0.4, 0.5) is 10.1 Å². The molecular formula is C20H22ClFN4O. The Labute approximate surface area is 163 Å². The number of hydrogen-bond acceptors (Lipinski definition) is 4. The smallest absolute Gasteiger partial charge is 0.241 e. The molecule has 1 N–H and O–H groups in total. The minimum absolute atomic E-state index is 0.0755. The molecule has 4 rings (SSSR count). The molecule has 1 aromatic carbocycles. The normalized spacial score (nSPS) is 20.0. The van der Waals surface area contributed by atoms with Crippen molar-refractivity contribution in [3.8, 4) is 11.3 Å². The summed E-state index contributed by atoms with van der Waals surface area (Å²) >= 11 is 6.01. The first-order valence-corrected chi connectivity index (χ1v) is 9.59. The Morgan fingerprint density at radius 2 is 2.22 bits per heavy atom. The van der Waals surface area contributed by atoms with Gasteiger partial charge < -0.3 is 10.2 Å². The van der Waals surface area contributed by atoms with Crippen LogP contribution in [0.25, 0.3) is 11.3 Å². The molecule has 27 heavy (non-hydrogen) atoms. The molecular weight excluding hydrogens is 367 g/mol. The second kappa shape index (κ2) is 7.54. The molecule has 0 radical (unpaired) electrons. The molecule has 2 aliphatic rings. The van der Waals surface area contributed by atoms with E-state index in [1.165, 1.54) is 12.1 Å². The van der Waals surface area contributed by atoms with Crippen LogP contribution in [0.15, 0.2) is 30.5 Å². The van der Waals surface area contributed by atoms with Crippen molar-refractivity contribution in [2.75, 3.05) is 37.6 Å². The third-order valence-electron chi connectivity index (χ3n) is 5.17. The molecule has 1 saturated heterocycles. The molecule has 1 fully saturated rings. The standard InChI is InChI=1S/C20H22ClFN4O/c1-13-11-25(7-5-23-13)12-20(27)26-6-4-14-10-24-18(9-19(14)26)16-8-15(21)2-3-17(16)22/h2-3,8-10,13,23H,4-7,11-12H2,1H3. The van der Waals surface area contributed by atoms with E-state index in [1.54, 1.807) is 23.2 Å². The summed E-state index contributed by atoms with van der Waals surface area (Å²) in [7, 11) is 0. The van der Waals surface area contributed by atoms with Gasteiger partial charge in [0.2, 0.25) is 5.91 Å². The van der Waals surface area contributed by atoms with Crippen molar-refractivity contribution in [3.63, 3.8) is 0 Å². The van der Waals surface area contributed by atoms with Crippen molar-refractivity contribution in [2.45, 2.75) is 19.4 Å². The fraction of sp³-hybridized carbons (Fsp3) is 0.400. The van der Waals surface area contributed by atoms with E-state index in [0.29, 0.717) is 35.4 Å². The van der Waals surface area contributed by atoms with Gasteiger partial charge in [-0.15, -0.1) is 0 Å². The van der Waals surface area contributed by atoms with Gasteiger partial charge in [0, 0.05) is 49.0 Å². The quantitative estimate of drug-likeness (QED) is 0.878. The Balaban J connectivity index is 1.57. The zero-order valence-electron chi connectivity index (χ0n) is 15.2.